The van der Waals surface area contributed by atoms with Crippen LogP contribution in [0.3, 0.4) is 0 Å². The third-order valence-corrected chi connectivity index (χ3v) is 9.29. The number of ether oxygens (including phenoxy) is 1. The number of amides is 2. The molecule has 2 N–H and O–H groups in total. The third-order valence-electron chi connectivity index (χ3n) is 9.29. The molecule has 6 rings (SSSR count). The Hall–Kier alpha value is -4.17. The van der Waals surface area contributed by atoms with Crippen LogP contribution in [0.1, 0.15) is 55.2 Å². The molecule has 2 fully saturated rings. The minimum absolute atomic E-state index is 0.106. The van der Waals surface area contributed by atoms with Crippen LogP contribution in [0.5, 0.6) is 0 Å². The minimum atomic E-state index is -1.32. The van der Waals surface area contributed by atoms with Crippen LogP contribution in [0.2, 0.25) is 0 Å². The maximum absolute atomic E-state index is 14.3. The summed E-state index contributed by atoms with van der Waals surface area (Å²) < 4.78 is 5.86. The second kappa shape index (κ2) is 11.2. The van der Waals surface area contributed by atoms with Crippen LogP contribution in [-0.4, -0.2) is 70.2 Å². The van der Waals surface area contributed by atoms with Gasteiger partial charge in [-0.05, 0) is 60.4 Å². The van der Waals surface area contributed by atoms with Crippen molar-refractivity contribution in [3.05, 3.63) is 95.6 Å². The van der Waals surface area contributed by atoms with E-state index in [1.54, 1.807) is 6.92 Å². The van der Waals surface area contributed by atoms with E-state index in [1.807, 2.05) is 54.6 Å². The molecule has 2 saturated heterocycles. The quantitative estimate of drug-likeness (QED) is 0.416. The summed E-state index contributed by atoms with van der Waals surface area (Å²) in [6, 6.07) is 26.3. The zero-order valence-corrected chi connectivity index (χ0v) is 23.9. The topological polar surface area (TPSA) is 99.2 Å². The van der Waals surface area contributed by atoms with Gasteiger partial charge in [-0.2, -0.15) is 0 Å². The molecule has 2 aliphatic heterocycles. The Kier molecular flexibility index (Phi) is 7.49. The lowest BCUT2D eigenvalue weighted by molar-refractivity contribution is -0.163. The highest BCUT2D eigenvalue weighted by atomic mass is 16.5. The number of nitrogens with one attached hydrogen (secondary N) is 1. The minimum Gasteiger partial charge on any atom is -0.480 e. The van der Waals surface area contributed by atoms with Gasteiger partial charge in [-0.15, -0.1) is 0 Å². The molecule has 2 atom stereocenters. The van der Waals surface area contributed by atoms with Crippen molar-refractivity contribution in [1.82, 2.24) is 15.1 Å². The van der Waals surface area contributed by atoms with Gasteiger partial charge in [-0.1, -0.05) is 78.9 Å². The van der Waals surface area contributed by atoms with E-state index in [2.05, 4.69) is 34.5 Å². The van der Waals surface area contributed by atoms with Crippen molar-refractivity contribution < 1.29 is 24.2 Å². The maximum atomic E-state index is 14.3. The second-order valence-electron chi connectivity index (χ2n) is 12.0. The molecule has 3 aromatic carbocycles. The van der Waals surface area contributed by atoms with Crippen molar-refractivity contribution in [2.75, 3.05) is 26.2 Å². The van der Waals surface area contributed by atoms with E-state index in [1.165, 1.54) is 4.90 Å². The van der Waals surface area contributed by atoms with Crippen molar-refractivity contribution in [3.8, 4) is 11.1 Å². The summed E-state index contributed by atoms with van der Waals surface area (Å²) >= 11 is 0. The smallest absolute Gasteiger partial charge is 0.408 e. The van der Waals surface area contributed by atoms with E-state index in [4.69, 9.17) is 4.74 Å². The highest BCUT2D eigenvalue weighted by Gasteiger charge is 2.54. The van der Waals surface area contributed by atoms with Gasteiger partial charge in [0.25, 0.3) is 5.91 Å². The lowest BCUT2D eigenvalue weighted by Gasteiger charge is -2.45. The number of benzene rings is 3. The summed E-state index contributed by atoms with van der Waals surface area (Å²) in [5, 5.41) is 13.1. The van der Waals surface area contributed by atoms with Crippen molar-refractivity contribution in [2.24, 2.45) is 0 Å². The number of hydrogen-bond acceptors (Lipinski definition) is 5. The van der Waals surface area contributed by atoms with Gasteiger partial charge in [0.1, 0.15) is 17.7 Å². The number of likely N-dealkylation sites (tertiary alicyclic amines) is 2. The standard InChI is InChI=1S/C34H37N3O5/c1-33(31(39)40)17-9-10-19-37(33)30(38)34(18-20-36(23-34)21-24-11-3-2-4-12-24)35-32(41)42-22-29-27-15-7-5-13-25(27)26-14-6-8-16-28(26)29/h2-8,11-16,29H,9-10,17-23H2,1H3,(H,35,41)(H,39,40). The van der Waals surface area contributed by atoms with Crippen LogP contribution in [0, 0.1) is 0 Å². The first-order valence-electron chi connectivity index (χ1n) is 14.8. The molecule has 0 spiro atoms. The van der Waals surface area contributed by atoms with E-state index in [0.29, 0.717) is 32.5 Å². The average molecular weight is 568 g/mol. The molecular formula is C34H37N3O5. The summed E-state index contributed by atoms with van der Waals surface area (Å²) in [7, 11) is 0. The van der Waals surface area contributed by atoms with Crippen LogP contribution in [0.25, 0.3) is 11.1 Å². The van der Waals surface area contributed by atoms with Crippen LogP contribution < -0.4 is 5.32 Å². The Bertz CT molecular complexity index is 1450. The zero-order chi connectivity index (χ0) is 29.3. The van der Waals surface area contributed by atoms with Crippen molar-refractivity contribution >= 4 is 18.0 Å². The monoisotopic (exact) mass is 567 g/mol. The van der Waals surface area contributed by atoms with Crippen molar-refractivity contribution in [1.29, 1.82) is 0 Å². The Morgan fingerprint density at radius 1 is 0.881 bits per heavy atom. The van der Waals surface area contributed by atoms with Gasteiger partial charge < -0.3 is 20.1 Å². The molecule has 2 amide bonds. The highest BCUT2D eigenvalue weighted by Crippen LogP contribution is 2.44. The molecule has 42 heavy (non-hydrogen) atoms. The zero-order valence-electron chi connectivity index (χ0n) is 23.9. The molecule has 218 valence electrons. The van der Waals surface area contributed by atoms with E-state index in [9.17, 15) is 19.5 Å². The molecule has 8 heteroatoms. The summed E-state index contributed by atoms with van der Waals surface area (Å²) in [6.45, 7) is 3.57. The molecule has 0 radical (unpaired) electrons. The number of aliphatic carboxylic acids is 1. The first-order valence-corrected chi connectivity index (χ1v) is 14.8. The number of carbonyl (C=O) groups excluding carboxylic acids is 2. The Morgan fingerprint density at radius 3 is 2.19 bits per heavy atom. The number of piperidine rings is 1. The van der Waals surface area contributed by atoms with Crippen LogP contribution in [0.4, 0.5) is 4.79 Å². The Labute approximate surface area is 246 Å². The molecule has 0 bridgehead atoms. The molecule has 0 saturated carbocycles. The summed E-state index contributed by atoms with van der Waals surface area (Å²) in [5.41, 5.74) is 2.99. The first kappa shape index (κ1) is 28.0. The number of fused-ring (bicyclic) bond motifs is 3. The highest BCUT2D eigenvalue weighted by molar-refractivity contribution is 5.95. The van der Waals surface area contributed by atoms with Gasteiger partial charge in [0.05, 0.1) is 0 Å². The fourth-order valence-corrected chi connectivity index (χ4v) is 6.95. The molecule has 3 aliphatic rings. The van der Waals surface area contributed by atoms with Gasteiger partial charge in [0, 0.05) is 32.1 Å². The van der Waals surface area contributed by atoms with Gasteiger partial charge in [0.15, 0.2) is 0 Å². The molecule has 0 aromatic heterocycles. The largest absolute Gasteiger partial charge is 0.480 e. The lowest BCUT2D eigenvalue weighted by Crippen LogP contribution is -2.67. The summed E-state index contributed by atoms with van der Waals surface area (Å²) in [5.74, 6) is -1.48. The van der Waals surface area contributed by atoms with Crippen molar-refractivity contribution in [3.63, 3.8) is 0 Å². The third kappa shape index (κ3) is 5.04. The van der Waals surface area contributed by atoms with Gasteiger partial charge in [-0.25, -0.2) is 9.59 Å². The number of rotatable bonds is 7. The summed E-state index contributed by atoms with van der Waals surface area (Å²) in [6.07, 6.45) is 1.54. The predicted molar refractivity (Wildman–Crippen MR) is 159 cm³/mol. The number of nitrogens with zero attached hydrogens (tertiary/aromatic N) is 2. The van der Waals surface area contributed by atoms with E-state index >= 15 is 0 Å². The summed E-state index contributed by atoms with van der Waals surface area (Å²) in [4.78, 5) is 43.8. The molecule has 8 nitrogen and oxygen atoms in total. The molecule has 2 unspecified atom stereocenters. The fraction of sp³-hybridized carbons (Fsp3) is 0.382. The van der Waals surface area contributed by atoms with Crippen LogP contribution in [-0.2, 0) is 20.9 Å². The average Bonchev–Trinajstić information content (AvgIpc) is 3.55. The lowest BCUT2D eigenvalue weighted by atomic mass is 9.85. The maximum Gasteiger partial charge on any atom is 0.408 e. The van der Waals surface area contributed by atoms with Gasteiger partial charge in [0.2, 0.25) is 0 Å². The van der Waals surface area contributed by atoms with E-state index < -0.39 is 23.1 Å². The Balaban J connectivity index is 1.23. The fourth-order valence-electron chi connectivity index (χ4n) is 6.95. The molecular weight excluding hydrogens is 530 g/mol. The number of carboxylic acids is 1. The predicted octanol–water partition coefficient (Wildman–Crippen LogP) is 5.03. The number of hydrogen-bond donors (Lipinski definition) is 2. The normalized spacial score (nSPS) is 23.7. The van der Waals surface area contributed by atoms with E-state index in [0.717, 1.165) is 40.7 Å². The molecule has 2 heterocycles. The van der Waals surface area contributed by atoms with Gasteiger partial charge in [-0.3, -0.25) is 9.69 Å². The number of alkyl carbamates (subject to hydrolysis) is 1. The molecule has 3 aromatic rings. The molecule has 1 aliphatic carbocycles. The number of carboxylic acid groups (broad SMARTS) is 1. The van der Waals surface area contributed by atoms with Crippen molar-refractivity contribution in [2.45, 2.75) is 56.1 Å². The first-order chi connectivity index (χ1) is 20.3. The number of carbonyl (C=O) groups is 3. The van der Waals surface area contributed by atoms with Crippen LogP contribution >= 0.6 is 0 Å². The Morgan fingerprint density at radius 2 is 1.52 bits per heavy atom. The van der Waals surface area contributed by atoms with Gasteiger partial charge >= 0.3 is 12.1 Å². The van der Waals surface area contributed by atoms with E-state index in [-0.39, 0.29) is 25.0 Å². The van der Waals surface area contributed by atoms with Crippen LogP contribution in [0.15, 0.2) is 78.9 Å². The second-order valence-corrected chi connectivity index (χ2v) is 12.0. The SMILES string of the molecule is CC1(C(=O)O)CCCCN1C(=O)C1(NC(=O)OCC2c3ccccc3-c3ccccc32)CCN(Cc2ccccc2)C1.